The van der Waals surface area contributed by atoms with E-state index in [0.717, 1.165) is 26.7 Å². The molecule has 0 radical (unpaired) electrons. The molecule has 0 saturated heterocycles. The van der Waals surface area contributed by atoms with Gasteiger partial charge in [0.05, 0.1) is 0 Å². The van der Waals surface area contributed by atoms with Crippen molar-refractivity contribution < 1.29 is 4.79 Å². The molecule has 1 amide bonds. The molecule has 2 aromatic rings. The van der Waals surface area contributed by atoms with Crippen LogP contribution in [-0.2, 0) is 6.54 Å². The predicted octanol–water partition coefficient (Wildman–Crippen LogP) is 4.53. The van der Waals surface area contributed by atoms with Gasteiger partial charge >= 0.3 is 0 Å². The first kappa shape index (κ1) is 16.2. The molecule has 21 heavy (non-hydrogen) atoms. The van der Waals surface area contributed by atoms with Gasteiger partial charge in [0.2, 0.25) is 0 Å². The van der Waals surface area contributed by atoms with Crippen molar-refractivity contribution >= 4 is 43.5 Å². The maximum atomic E-state index is 12.4. The molecule has 3 nitrogen and oxygen atoms in total. The van der Waals surface area contributed by atoms with E-state index >= 15 is 0 Å². The van der Waals surface area contributed by atoms with Gasteiger partial charge in [-0.05, 0) is 43.9 Å². The third kappa shape index (κ3) is 4.66. The number of carbonyl (C=O) groups excluding carboxylic acids is 1. The molecule has 0 unspecified atom stereocenters. The Morgan fingerprint density at radius 1 is 1.10 bits per heavy atom. The Kier molecular flexibility index (Phi) is 5.56. The van der Waals surface area contributed by atoms with Gasteiger partial charge in [-0.1, -0.05) is 50.1 Å². The van der Waals surface area contributed by atoms with E-state index in [4.69, 9.17) is 0 Å². The molecular weight excluding hydrogens is 396 g/mol. The van der Waals surface area contributed by atoms with Crippen LogP contribution in [0.1, 0.15) is 15.9 Å². The van der Waals surface area contributed by atoms with E-state index in [0.29, 0.717) is 5.56 Å². The van der Waals surface area contributed by atoms with E-state index in [1.54, 1.807) is 12.1 Å². The van der Waals surface area contributed by atoms with E-state index in [2.05, 4.69) is 42.1 Å². The first-order chi connectivity index (χ1) is 9.95. The molecule has 2 aromatic carbocycles. The summed E-state index contributed by atoms with van der Waals surface area (Å²) in [6.07, 6.45) is 0. The van der Waals surface area contributed by atoms with E-state index in [-0.39, 0.29) is 5.91 Å². The maximum Gasteiger partial charge on any atom is 0.255 e. The fourth-order valence-corrected chi connectivity index (χ4v) is 3.29. The molecule has 1 N–H and O–H groups in total. The third-order valence-electron chi connectivity index (χ3n) is 2.88. The number of hydrogen-bond acceptors (Lipinski definition) is 2. The minimum absolute atomic E-state index is 0.122. The fourth-order valence-electron chi connectivity index (χ4n) is 2.00. The third-order valence-corrected chi connectivity index (χ3v) is 3.79. The normalized spacial score (nSPS) is 10.7. The van der Waals surface area contributed by atoms with Crippen LogP contribution in [0.15, 0.2) is 51.4 Å². The van der Waals surface area contributed by atoms with Crippen molar-refractivity contribution in [3.63, 3.8) is 0 Å². The molecule has 0 spiro atoms. The highest BCUT2D eigenvalue weighted by molar-refractivity contribution is 9.11. The van der Waals surface area contributed by atoms with Crippen LogP contribution in [0.4, 0.5) is 5.69 Å². The molecule has 0 heterocycles. The molecule has 110 valence electrons. The zero-order valence-electron chi connectivity index (χ0n) is 11.9. The van der Waals surface area contributed by atoms with Crippen LogP contribution in [0, 0.1) is 0 Å². The molecule has 0 aliphatic heterocycles. The van der Waals surface area contributed by atoms with Crippen LogP contribution in [0.3, 0.4) is 0 Å². The SMILES string of the molecule is CN(C)Cc1ccccc1NC(=O)c1cc(Br)cc(Br)c1. The molecule has 0 aliphatic carbocycles. The van der Waals surface area contributed by atoms with Crippen LogP contribution in [-0.4, -0.2) is 24.9 Å². The second-order valence-electron chi connectivity index (χ2n) is 5.01. The van der Waals surface area contributed by atoms with Crippen molar-refractivity contribution in [1.82, 2.24) is 4.90 Å². The fraction of sp³-hybridized carbons (Fsp3) is 0.188. The highest BCUT2D eigenvalue weighted by Crippen LogP contribution is 2.22. The average Bonchev–Trinajstić information content (AvgIpc) is 2.39. The molecule has 0 atom stereocenters. The van der Waals surface area contributed by atoms with E-state index in [9.17, 15) is 4.79 Å². The summed E-state index contributed by atoms with van der Waals surface area (Å²) in [5.74, 6) is -0.122. The summed E-state index contributed by atoms with van der Waals surface area (Å²) in [6.45, 7) is 0.776. The van der Waals surface area contributed by atoms with Crippen molar-refractivity contribution in [2.45, 2.75) is 6.54 Å². The Labute approximate surface area is 141 Å². The first-order valence-corrected chi connectivity index (χ1v) is 8.04. The molecule has 0 aliphatic rings. The van der Waals surface area contributed by atoms with Gasteiger partial charge in [-0.25, -0.2) is 0 Å². The van der Waals surface area contributed by atoms with E-state index in [1.165, 1.54) is 0 Å². The smallest absolute Gasteiger partial charge is 0.255 e. The van der Waals surface area contributed by atoms with Gasteiger partial charge in [-0.3, -0.25) is 4.79 Å². The van der Waals surface area contributed by atoms with Crippen molar-refractivity contribution in [3.05, 3.63) is 62.5 Å². The van der Waals surface area contributed by atoms with Crippen LogP contribution in [0.5, 0.6) is 0 Å². The Morgan fingerprint density at radius 2 is 1.71 bits per heavy atom. The number of anilines is 1. The largest absolute Gasteiger partial charge is 0.322 e. The summed E-state index contributed by atoms with van der Waals surface area (Å²) in [7, 11) is 4.01. The summed E-state index contributed by atoms with van der Waals surface area (Å²) < 4.78 is 1.73. The summed E-state index contributed by atoms with van der Waals surface area (Å²) >= 11 is 6.79. The number of benzene rings is 2. The lowest BCUT2D eigenvalue weighted by Crippen LogP contribution is -2.16. The molecule has 0 saturated carbocycles. The average molecular weight is 412 g/mol. The monoisotopic (exact) mass is 410 g/mol. The Bertz CT molecular complexity index is 636. The lowest BCUT2D eigenvalue weighted by molar-refractivity contribution is 0.102. The first-order valence-electron chi connectivity index (χ1n) is 6.46. The van der Waals surface area contributed by atoms with Gasteiger partial charge in [-0.15, -0.1) is 0 Å². The van der Waals surface area contributed by atoms with Gasteiger partial charge in [0.1, 0.15) is 0 Å². The van der Waals surface area contributed by atoms with Crippen molar-refractivity contribution in [2.75, 3.05) is 19.4 Å². The zero-order valence-corrected chi connectivity index (χ0v) is 15.0. The molecule has 0 aromatic heterocycles. The minimum Gasteiger partial charge on any atom is -0.322 e. The second-order valence-corrected chi connectivity index (χ2v) is 6.84. The highest BCUT2D eigenvalue weighted by atomic mass is 79.9. The Balaban J connectivity index is 2.23. The number of amides is 1. The van der Waals surface area contributed by atoms with Crippen molar-refractivity contribution in [2.24, 2.45) is 0 Å². The predicted molar refractivity (Wildman–Crippen MR) is 93.6 cm³/mol. The van der Waals surface area contributed by atoms with E-state index < -0.39 is 0 Å². The minimum atomic E-state index is -0.122. The lowest BCUT2D eigenvalue weighted by Gasteiger charge is -2.15. The quantitative estimate of drug-likeness (QED) is 0.801. The standard InChI is InChI=1S/C16H16Br2N2O/c1-20(2)10-11-5-3-4-6-15(11)19-16(21)12-7-13(17)9-14(18)8-12/h3-9H,10H2,1-2H3,(H,19,21). The topological polar surface area (TPSA) is 32.3 Å². The summed E-state index contributed by atoms with van der Waals surface area (Å²) in [6, 6.07) is 13.3. The van der Waals surface area contributed by atoms with Gasteiger partial charge in [0.25, 0.3) is 5.91 Å². The van der Waals surface area contributed by atoms with Crippen LogP contribution < -0.4 is 5.32 Å². The molecule has 0 fully saturated rings. The maximum absolute atomic E-state index is 12.4. The number of para-hydroxylation sites is 1. The van der Waals surface area contributed by atoms with Gasteiger partial charge in [0.15, 0.2) is 0 Å². The zero-order chi connectivity index (χ0) is 15.4. The van der Waals surface area contributed by atoms with Gasteiger partial charge in [-0.2, -0.15) is 0 Å². The summed E-state index contributed by atoms with van der Waals surface area (Å²) in [5.41, 5.74) is 2.54. The number of nitrogens with zero attached hydrogens (tertiary/aromatic N) is 1. The molecular formula is C16H16Br2N2O. The van der Waals surface area contributed by atoms with Crippen LogP contribution in [0.25, 0.3) is 0 Å². The van der Waals surface area contributed by atoms with Gasteiger partial charge < -0.3 is 10.2 Å². The second kappa shape index (κ2) is 7.20. The number of carbonyl (C=O) groups is 1. The Morgan fingerprint density at radius 3 is 2.33 bits per heavy atom. The number of nitrogens with one attached hydrogen (secondary N) is 1. The van der Waals surface area contributed by atoms with Crippen LogP contribution >= 0.6 is 31.9 Å². The van der Waals surface area contributed by atoms with Crippen LogP contribution in [0.2, 0.25) is 0 Å². The highest BCUT2D eigenvalue weighted by Gasteiger charge is 2.10. The Hall–Kier alpha value is -1.17. The van der Waals surface area contributed by atoms with Crippen molar-refractivity contribution in [3.8, 4) is 0 Å². The van der Waals surface area contributed by atoms with Gasteiger partial charge in [0, 0.05) is 26.7 Å². The number of rotatable bonds is 4. The lowest BCUT2D eigenvalue weighted by atomic mass is 10.1. The molecule has 0 bridgehead atoms. The van der Waals surface area contributed by atoms with E-state index in [1.807, 2.05) is 44.4 Å². The summed E-state index contributed by atoms with van der Waals surface area (Å²) in [5, 5.41) is 2.98. The number of halogens is 2. The summed E-state index contributed by atoms with van der Waals surface area (Å²) in [4.78, 5) is 14.5. The number of hydrogen-bond donors (Lipinski definition) is 1. The van der Waals surface area contributed by atoms with Crippen molar-refractivity contribution in [1.29, 1.82) is 0 Å². The molecule has 2 rings (SSSR count). The molecule has 5 heteroatoms.